The molecule has 1 N–H and O–H groups in total. The molecule has 0 aliphatic carbocycles. The van der Waals surface area contributed by atoms with Gasteiger partial charge >= 0.3 is 0 Å². The molecule has 0 aliphatic heterocycles. The molecule has 0 atom stereocenters. The number of aromatic nitrogens is 2. The van der Waals surface area contributed by atoms with Crippen LogP contribution in [0.25, 0.3) is 0 Å². The molecule has 3 rings (SSSR count). The van der Waals surface area contributed by atoms with Crippen molar-refractivity contribution in [2.45, 2.75) is 18.2 Å². The highest BCUT2D eigenvalue weighted by Crippen LogP contribution is 2.27. The summed E-state index contributed by atoms with van der Waals surface area (Å²) in [6, 6.07) is 14.2. The van der Waals surface area contributed by atoms with Crippen molar-refractivity contribution < 1.29 is 13.2 Å². The summed E-state index contributed by atoms with van der Waals surface area (Å²) in [6.45, 7) is 3.77. The summed E-state index contributed by atoms with van der Waals surface area (Å²) in [6.07, 6.45) is 0. The summed E-state index contributed by atoms with van der Waals surface area (Å²) in [5, 5.41) is 10.3. The van der Waals surface area contributed by atoms with Crippen molar-refractivity contribution in [3.8, 4) is 0 Å². The summed E-state index contributed by atoms with van der Waals surface area (Å²) in [4.78, 5) is 12.3. The van der Waals surface area contributed by atoms with Crippen LogP contribution in [-0.4, -0.2) is 31.6 Å². The van der Waals surface area contributed by atoms with Gasteiger partial charge < -0.3 is 0 Å². The third kappa shape index (κ3) is 4.15. The Labute approximate surface area is 161 Å². The summed E-state index contributed by atoms with van der Waals surface area (Å²) in [5.41, 5.74) is 2.88. The first kappa shape index (κ1) is 19.0. The quantitative estimate of drug-likeness (QED) is 0.662. The number of aryl methyl sites for hydroxylation is 2. The third-order valence-electron chi connectivity index (χ3n) is 3.85. The van der Waals surface area contributed by atoms with Gasteiger partial charge in [0.2, 0.25) is 5.13 Å². The summed E-state index contributed by atoms with van der Waals surface area (Å²) >= 11 is 0.810. The average Bonchev–Trinajstić information content (AvgIpc) is 3.10. The second kappa shape index (κ2) is 7.45. The van der Waals surface area contributed by atoms with Crippen molar-refractivity contribution in [1.82, 2.24) is 10.2 Å². The zero-order chi connectivity index (χ0) is 19.6. The first-order valence-corrected chi connectivity index (χ1v) is 10.3. The molecular weight excluding hydrogens is 384 g/mol. The van der Waals surface area contributed by atoms with E-state index in [-0.39, 0.29) is 15.4 Å². The van der Waals surface area contributed by atoms with Gasteiger partial charge in [-0.2, -0.15) is 8.42 Å². The zero-order valence-corrected chi connectivity index (χ0v) is 16.6. The van der Waals surface area contributed by atoms with E-state index in [9.17, 15) is 13.2 Å². The Kier molecular flexibility index (Phi) is 5.24. The third-order valence-corrected chi connectivity index (χ3v) is 6.82. The van der Waals surface area contributed by atoms with Gasteiger partial charge in [-0.1, -0.05) is 41.2 Å². The molecule has 1 amide bonds. The second-order valence-electron chi connectivity index (χ2n) is 6.01. The van der Waals surface area contributed by atoms with Crippen LogP contribution in [0.5, 0.6) is 0 Å². The van der Waals surface area contributed by atoms with Crippen LogP contribution < -0.4 is 9.62 Å². The minimum absolute atomic E-state index is 0.123. The fourth-order valence-corrected chi connectivity index (χ4v) is 4.64. The maximum atomic E-state index is 12.8. The Morgan fingerprint density at radius 2 is 1.70 bits per heavy atom. The highest BCUT2D eigenvalue weighted by atomic mass is 32.2. The molecule has 0 aliphatic rings. The lowest BCUT2D eigenvalue weighted by molar-refractivity contribution is 0.102. The maximum Gasteiger partial charge on any atom is 0.293 e. The Balaban J connectivity index is 1.81. The summed E-state index contributed by atoms with van der Waals surface area (Å²) in [5.74, 6) is -0.370. The molecule has 0 saturated heterocycles. The van der Waals surface area contributed by atoms with Crippen LogP contribution in [0.3, 0.4) is 0 Å². The predicted molar refractivity (Wildman–Crippen MR) is 106 cm³/mol. The molecule has 27 heavy (non-hydrogen) atoms. The van der Waals surface area contributed by atoms with Crippen molar-refractivity contribution in [1.29, 1.82) is 0 Å². The number of hydrogen-bond donors (Lipinski definition) is 1. The van der Waals surface area contributed by atoms with Gasteiger partial charge in [0.05, 0.1) is 5.69 Å². The standard InChI is InChI=1S/C18H18N4O3S2/c1-12-6-4-8-14(10-12)16(23)19-17-20-21-18(26-17)27(24,25)22(3)15-9-5-7-13(2)11-15/h4-11H,1-3H3,(H,19,20,23). The van der Waals surface area contributed by atoms with Crippen LogP contribution in [0.2, 0.25) is 0 Å². The SMILES string of the molecule is Cc1cccc(C(=O)Nc2nnc(S(=O)(=O)N(C)c3cccc(C)c3)s2)c1. The Bertz CT molecular complexity index is 1090. The molecule has 0 saturated carbocycles. The van der Waals surface area contributed by atoms with E-state index >= 15 is 0 Å². The monoisotopic (exact) mass is 402 g/mol. The molecule has 0 bridgehead atoms. The number of sulfonamides is 1. The number of nitrogens with one attached hydrogen (secondary N) is 1. The summed E-state index contributed by atoms with van der Waals surface area (Å²) < 4.78 is 26.5. The Hall–Kier alpha value is -2.78. The maximum absolute atomic E-state index is 12.8. The first-order chi connectivity index (χ1) is 12.8. The van der Waals surface area contributed by atoms with Crippen LogP contribution in [0, 0.1) is 13.8 Å². The average molecular weight is 403 g/mol. The van der Waals surface area contributed by atoms with Gasteiger partial charge in [0, 0.05) is 12.6 Å². The zero-order valence-electron chi connectivity index (χ0n) is 15.0. The number of carbonyl (C=O) groups is 1. The van der Waals surface area contributed by atoms with Crippen molar-refractivity contribution in [2.24, 2.45) is 0 Å². The lowest BCUT2D eigenvalue weighted by Crippen LogP contribution is -2.26. The van der Waals surface area contributed by atoms with E-state index in [1.807, 2.05) is 26.0 Å². The number of nitrogens with zero attached hydrogens (tertiary/aromatic N) is 3. The van der Waals surface area contributed by atoms with Gasteiger partial charge in [0.1, 0.15) is 0 Å². The Morgan fingerprint density at radius 3 is 2.37 bits per heavy atom. The van der Waals surface area contributed by atoms with Crippen molar-refractivity contribution in [3.63, 3.8) is 0 Å². The van der Waals surface area contributed by atoms with Gasteiger partial charge in [-0.3, -0.25) is 14.4 Å². The molecule has 0 unspecified atom stereocenters. The molecule has 9 heteroatoms. The number of benzene rings is 2. The van der Waals surface area contributed by atoms with Crippen molar-refractivity contribution in [2.75, 3.05) is 16.7 Å². The smallest absolute Gasteiger partial charge is 0.293 e. The molecule has 7 nitrogen and oxygen atoms in total. The molecule has 1 heterocycles. The highest BCUT2D eigenvalue weighted by molar-refractivity contribution is 7.94. The summed E-state index contributed by atoms with van der Waals surface area (Å²) in [7, 11) is -2.41. The van der Waals surface area contributed by atoms with Crippen LogP contribution in [-0.2, 0) is 10.0 Å². The molecule has 1 aromatic heterocycles. The number of anilines is 2. The van der Waals surface area contributed by atoms with E-state index < -0.39 is 10.0 Å². The van der Waals surface area contributed by atoms with E-state index in [1.165, 1.54) is 7.05 Å². The van der Waals surface area contributed by atoms with E-state index in [2.05, 4.69) is 15.5 Å². The predicted octanol–water partition coefficient (Wildman–Crippen LogP) is 3.23. The van der Waals surface area contributed by atoms with Gasteiger partial charge in [0.15, 0.2) is 0 Å². The van der Waals surface area contributed by atoms with Crippen LogP contribution in [0.4, 0.5) is 10.8 Å². The van der Waals surface area contributed by atoms with E-state index in [0.29, 0.717) is 11.3 Å². The van der Waals surface area contributed by atoms with E-state index in [4.69, 9.17) is 0 Å². The number of hydrogen-bond acceptors (Lipinski definition) is 6. The molecule has 3 aromatic rings. The minimum Gasteiger partial charge on any atom is -0.296 e. The fourth-order valence-electron chi connectivity index (χ4n) is 2.40. The van der Waals surface area contributed by atoms with E-state index in [1.54, 1.807) is 36.4 Å². The minimum atomic E-state index is -3.87. The fraction of sp³-hybridized carbons (Fsp3) is 0.167. The van der Waals surface area contributed by atoms with Crippen molar-refractivity contribution in [3.05, 3.63) is 65.2 Å². The lowest BCUT2D eigenvalue weighted by Gasteiger charge is -2.17. The molecule has 140 valence electrons. The molecule has 0 spiro atoms. The van der Waals surface area contributed by atoms with Gasteiger partial charge in [-0.05, 0) is 43.7 Å². The van der Waals surface area contributed by atoms with Crippen LogP contribution >= 0.6 is 11.3 Å². The number of amides is 1. The highest BCUT2D eigenvalue weighted by Gasteiger charge is 2.26. The van der Waals surface area contributed by atoms with Crippen LogP contribution in [0.15, 0.2) is 52.9 Å². The second-order valence-corrected chi connectivity index (χ2v) is 9.13. The van der Waals surface area contributed by atoms with Gasteiger partial charge in [-0.15, -0.1) is 10.2 Å². The lowest BCUT2D eigenvalue weighted by atomic mass is 10.1. The van der Waals surface area contributed by atoms with Gasteiger partial charge in [0.25, 0.3) is 20.3 Å². The van der Waals surface area contributed by atoms with Crippen LogP contribution in [0.1, 0.15) is 21.5 Å². The van der Waals surface area contributed by atoms with Gasteiger partial charge in [-0.25, -0.2) is 0 Å². The topological polar surface area (TPSA) is 92.3 Å². The number of carbonyl (C=O) groups excluding carboxylic acids is 1. The molecule has 0 fully saturated rings. The number of rotatable bonds is 5. The normalized spacial score (nSPS) is 11.2. The molecule has 2 aromatic carbocycles. The molecular formula is C18H18N4O3S2. The largest absolute Gasteiger partial charge is 0.296 e. The Morgan fingerprint density at radius 1 is 1.04 bits per heavy atom. The van der Waals surface area contributed by atoms with Crippen molar-refractivity contribution >= 4 is 38.1 Å². The van der Waals surface area contributed by atoms with E-state index in [0.717, 1.165) is 26.8 Å². The molecule has 0 radical (unpaired) electrons. The first-order valence-electron chi connectivity index (χ1n) is 8.04.